The minimum Gasteiger partial charge on any atom is -0.481 e. The Morgan fingerprint density at radius 1 is 1.46 bits per heavy atom. The number of carboxylic acids is 1. The van der Waals surface area contributed by atoms with Gasteiger partial charge in [0.2, 0.25) is 0 Å². The maximum absolute atomic E-state index is 11.1. The van der Waals surface area contributed by atoms with Gasteiger partial charge in [0.15, 0.2) is 0 Å². The minimum atomic E-state index is -0.676. The Labute approximate surface area is 78.8 Å². The predicted octanol–water partition coefficient (Wildman–Crippen LogP) is 1.65. The van der Waals surface area contributed by atoms with Crippen LogP contribution >= 0.6 is 0 Å². The van der Waals surface area contributed by atoms with Gasteiger partial charge in [-0.15, -0.1) is 0 Å². The molecule has 1 unspecified atom stereocenters. The van der Waals surface area contributed by atoms with Gasteiger partial charge in [-0.2, -0.15) is 0 Å². The van der Waals surface area contributed by atoms with Gasteiger partial charge in [0.1, 0.15) is 0 Å². The summed E-state index contributed by atoms with van der Waals surface area (Å²) in [5.41, 5.74) is -0.526. The molecule has 0 saturated heterocycles. The number of hydrogen-bond acceptors (Lipinski definition) is 2. The molecule has 0 aromatic heterocycles. The summed E-state index contributed by atoms with van der Waals surface area (Å²) in [6.45, 7) is 2.00. The first-order chi connectivity index (χ1) is 6.10. The molecule has 1 saturated carbocycles. The van der Waals surface area contributed by atoms with Gasteiger partial charge in [-0.1, -0.05) is 19.8 Å². The van der Waals surface area contributed by atoms with Crippen molar-refractivity contribution in [1.29, 1.82) is 0 Å². The van der Waals surface area contributed by atoms with E-state index in [0.29, 0.717) is 6.42 Å². The Balaban J connectivity index is 2.62. The topological polar surface area (TPSA) is 57.5 Å². The average molecular weight is 186 g/mol. The third kappa shape index (κ3) is 2.21. The Morgan fingerprint density at radius 2 is 2.00 bits per heavy atom. The van der Waals surface area contributed by atoms with Crippen molar-refractivity contribution in [3.05, 3.63) is 0 Å². The summed E-state index contributed by atoms with van der Waals surface area (Å²) >= 11 is 0. The minimum absolute atomic E-state index is 0.0923. The van der Waals surface area contributed by atoms with Gasteiger partial charge in [0, 0.05) is 6.61 Å². The van der Waals surface area contributed by atoms with Crippen molar-refractivity contribution in [2.24, 2.45) is 11.3 Å². The van der Waals surface area contributed by atoms with E-state index in [1.165, 1.54) is 0 Å². The van der Waals surface area contributed by atoms with E-state index in [2.05, 4.69) is 0 Å². The molecule has 0 heterocycles. The number of aliphatic hydroxyl groups is 1. The zero-order valence-electron chi connectivity index (χ0n) is 8.12. The second-order valence-electron chi connectivity index (χ2n) is 4.28. The van der Waals surface area contributed by atoms with Crippen molar-refractivity contribution in [1.82, 2.24) is 0 Å². The van der Waals surface area contributed by atoms with Crippen molar-refractivity contribution in [2.45, 2.75) is 39.0 Å². The smallest absolute Gasteiger partial charge is 0.309 e. The molecule has 0 aromatic rings. The fourth-order valence-electron chi connectivity index (χ4n) is 2.29. The van der Waals surface area contributed by atoms with Gasteiger partial charge in [0.05, 0.1) is 5.41 Å². The van der Waals surface area contributed by atoms with Gasteiger partial charge >= 0.3 is 5.97 Å². The maximum atomic E-state index is 11.1. The van der Waals surface area contributed by atoms with Gasteiger partial charge in [-0.05, 0) is 25.2 Å². The van der Waals surface area contributed by atoms with E-state index in [1.54, 1.807) is 0 Å². The third-order valence-electron chi connectivity index (χ3n) is 3.07. The highest BCUT2D eigenvalue weighted by Crippen LogP contribution is 2.43. The summed E-state index contributed by atoms with van der Waals surface area (Å²) in [4.78, 5) is 11.1. The van der Waals surface area contributed by atoms with Crippen LogP contribution in [-0.2, 0) is 4.79 Å². The lowest BCUT2D eigenvalue weighted by atomic mass is 9.78. The standard InChI is InChI=1S/C10H18O3/c1-8(7-11)6-10(9(12)13)4-2-3-5-10/h8,11H,2-7H2,1H3,(H,12,13). The van der Waals surface area contributed by atoms with Gasteiger partial charge in [0.25, 0.3) is 0 Å². The molecular formula is C10H18O3. The van der Waals surface area contributed by atoms with E-state index in [4.69, 9.17) is 10.2 Å². The Hall–Kier alpha value is -0.570. The lowest BCUT2D eigenvalue weighted by Gasteiger charge is -2.26. The largest absolute Gasteiger partial charge is 0.481 e. The maximum Gasteiger partial charge on any atom is 0.309 e. The Morgan fingerprint density at radius 3 is 2.38 bits per heavy atom. The molecule has 0 aliphatic heterocycles. The Bertz CT molecular complexity index is 183. The normalized spacial score (nSPS) is 22.9. The molecule has 0 bridgehead atoms. The van der Waals surface area contributed by atoms with Crippen LogP contribution in [0, 0.1) is 11.3 Å². The number of carboxylic acid groups (broad SMARTS) is 1. The molecular weight excluding hydrogens is 168 g/mol. The lowest BCUT2D eigenvalue weighted by molar-refractivity contribution is -0.149. The molecule has 3 nitrogen and oxygen atoms in total. The molecule has 1 aliphatic carbocycles. The predicted molar refractivity (Wildman–Crippen MR) is 49.4 cm³/mol. The van der Waals surface area contributed by atoms with Crippen molar-refractivity contribution in [3.63, 3.8) is 0 Å². The van der Waals surface area contributed by atoms with Gasteiger partial charge < -0.3 is 10.2 Å². The monoisotopic (exact) mass is 186 g/mol. The molecule has 76 valence electrons. The summed E-state index contributed by atoms with van der Waals surface area (Å²) in [5.74, 6) is -0.570. The fourth-order valence-corrected chi connectivity index (χ4v) is 2.29. The van der Waals surface area contributed by atoms with Crippen LogP contribution in [0.3, 0.4) is 0 Å². The molecule has 0 spiro atoms. The molecule has 0 amide bonds. The van der Waals surface area contributed by atoms with Gasteiger partial charge in [-0.3, -0.25) is 4.79 Å². The zero-order valence-corrected chi connectivity index (χ0v) is 8.12. The molecule has 0 radical (unpaired) electrons. The molecule has 3 heteroatoms. The number of hydrogen-bond donors (Lipinski definition) is 2. The first-order valence-corrected chi connectivity index (χ1v) is 4.95. The highest BCUT2D eigenvalue weighted by atomic mass is 16.4. The SMILES string of the molecule is CC(CO)CC1(C(=O)O)CCCC1. The van der Waals surface area contributed by atoms with Gasteiger partial charge in [-0.25, -0.2) is 0 Å². The van der Waals surface area contributed by atoms with E-state index < -0.39 is 11.4 Å². The molecule has 13 heavy (non-hydrogen) atoms. The third-order valence-corrected chi connectivity index (χ3v) is 3.07. The van der Waals surface area contributed by atoms with E-state index in [9.17, 15) is 4.79 Å². The van der Waals surface area contributed by atoms with E-state index >= 15 is 0 Å². The second-order valence-corrected chi connectivity index (χ2v) is 4.28. The van der Waals surface area contributed by atoms with E-state index in [1.807, 2.05) is 6.92 Å². The summed E-state index contributed by atoms with van der Waals surface area (Å²) in [6, 6.07) is 0. The van der Waals surface area contributed by atoms with Crippen LogP contribution in [0.1, 0.15) is 39.0 Å². The fraction of sp³-hybridized carbons (Fsp3) is 0.900. The van der Waals surface area contributed by atoms with Crippen LogP contribution in [0.5, 0.6) is 0 Å². The summed E-state index contributed by atoms with van der Waals surface area (Å²) < 4.78 is 0. The summed E-state index contributed by atoms with van der Waals surface area (Å²) in [5, 5.41) is 18.0. The highest BCUT2D eigenvalue weighted by molar-refractivity contribution is 5.75. The van der Waals surface area contributed by atoms with Crippen LogP contribution < -0.4 is 0 Å². The first kappa shape index (κ1) is 10.5. The van der Waals surface area contributed by atoms with Crippen molar-refractivity contribution in [3.8, 4) is 0 Å². The van der Waals surface area contributed by atoms with Crippen molar-refractivity contribution >= 4 is 5.97 Å². The number of rotatable bonds is 4. The van der Waals surface area contributed by atoms with E-state index in [-0.39, 0.29) is 12.5 Å². The molecule has 1 atom stereocenters. The number of aliphatic carboxylic acids is 1. The molecule has 0 aromatic carbocycles. The van der Waals surface area contributed by atoms with Crippen molar-refractivity contribution in [2.75, 3.05) is 6.61 Å². The van der Waals surface area contributed by atoms with Crippen LogP contribution in [-0.4, -0.2) is 22.8 Å². The number of aliphatic hydroxyl groups excluding tert-OH is 1. The summed E-state index contributed by atoms with van der Waals surface area (Å²) in [6.07, 6.45) is 4.23. The first-order valence-electron chi connectivity index (χ1n) is 4.95. The van der Waals surface area contributed by atoms with Crippen LogP contribution in [0.2, 0.25) is 0 Å². The van der Waals surface area contributed by atoms with Crippen molar-refractivity contribution < 1.29 is 15.0 Å². The molecule has 2 N–H and O–H groups in total. The van der Waals surface area contributed by atoms with Crippen LogP contribution in [0.15, 0.2) is 0 Å². The zero-order chi connectivity index (χ0) is 9.90. The Kier molecular flexibility index (Phi) is 3.31. The van der Waals surface area contributed by atoms with E-state index in [0.717, 1.165) is 25.7 Å². The lowest BCUT2D eigenvalue weighted by Crippen LogP contribution is -2.30. The average Bonchev–Trinajstić information content (AvgIpc) is 2.54. The summed E-state index contributed by atoms with van der Waals surface area (Å²) in [7, 11) is 0. The van der Waals surface area contributed by atoms with Crippen LogP contribution in [0.25, 0.3) is 0 Å². The number of carbonyl (C=O) groups is 1. The molecule has 1 rings (SSSR count). The highest BCUT2D eigenvalue weighted by Gasteiger charge is 2.41. The molecule has 1 aliphatic rings. The van der Waals surface area contributed by atoms with Crippen LogP contribution in [0.4, 0.5) is 0 Å². The molecule has 1 fully saturated rings. The quantitative estimate of drug-likeness (QED) is 0.701. The second kappa shape index (κ2) is 4.09.